The second-order valence-corrected chi connectivity index (χ2v) is 4.75. The van der Waals surface area contributed by atoms with E-state index in [4.69, 9.17) is 10.5 Å². The number of para-hydroxylation sites is 1. The maximum absolute atomic E-state index is 12.7. The number of aromatic nitrogens is 2. The van der Waals surface area contributed by atoms with Gasteiger partial charge in [-0.05, 0) is 31.2 Å². The lowest BCUT2D eigenvalue weighted by molar-refractivity contribution is 0.412. The van der Waals surface area contributed by atoms with Crippen LogP contribution in [0.1, 0.15) is 5.82 Å². The monoisotopic (exact) mass is 281 g/mol. The van der Waals surface area contributed by atoms with Gasteiger partial charge >= 0.3 is 0 Å². The summed E-state index contributed by atoms with van der Waals surface area (Å²) in [5.74, 6) is 1.14. The highest BCUT2D eigenvalue weighted by Crippen LogP contribution is 2.25. The molecule has 106 valence electrons. The first kappa shape index (κ1) is 13.2. The number of fused-ring (bicyclic) bond motifs is 1. The van der Waals surface area contributed by atoms with Gasteiger partial charge in [-0.2, -0.15) is 0 Å². The molecule has 5 heteroatoms. The topological polar surface area (TPSA) is 70.1 Å². The molecular weight excluding hydrogens is 266 g/mol. The Morgan fingerprint density at radius 2 is 1.95 bits per heavy atom. The van der Waals surface area contributed by atoms with Crippen molar-refractivity contribution in [3.8, 4) is 11.4 Å². The number of aryl methyl sites for hydroxylation is 1. The van der Waals surface area contributed by atoms with Crippen LogP contribution < -0.4 is 16.0 Å². The van der Waals surface area contributed by atoms with Gasteiger partial charge in [-0.25, -0.2) is 4.98 Å². The van der Waals surface area contributed by atoms with E-state index in [9.17, 15) is 4.79 Å². The van der Waals surface area contributed by atoms with Crippen LogP contribution in [0.4, 0.5) is 5.69 Å². The summed E-state index contributed by atoms with van der Waals surface area (Å²) in [7, 11) is 1.55. The number of benzene rings is 2. The van der Waals surface area contributed by atoms with E-state index in [0.717, 1.165) is 0 Å². The van der Waals surface area contributed by atoms with Crippen molar-refractivity contribution in [2.24, 2.45) is 0 Å². The highest BCUT2D eigenvalue weighted by Gasteiger charge is 2.13. The molecule has 1 aromatic heterocycles. The average molecular weight is 281 g/mol. The maximum atomic E-state index is 12.7. The van der Waals surface area contributed by atoms with Crippen molar-refractivity contribution in [1.29, 1.82) is 0 Å². The summed E-state index contributed by atoms with van der Waals surface area (Å²) in [6.45, 7) is 1.80. The van der Waals surface area contributed by atoms with E-state index < -0.39 is 0 Å². The number of hydrogen-bond acceptors (Lipinski definition) is 4. The van der Waals surface area contributed by atoms with Crippen molar-refractivity contribution in [3.05, 3.63) is 58.6 Å². The van der Waals surface area contributed by atoms with Crippen LogP contribution in [0.25, 0.3) is 16.6 Å². The van der Waals surface area contributed by atoms with E-state index in [1.165, 1.54) is 0 Å². The molecule has 1 heterocycles. The third-order valence-electron chi connectivity index (χ3n) is 3.39. The molecular formula is C16H15N3O2. The van der Waals surface area contributed by atoms with E-state index in [-0.39, 0.29) is 5.56 Å². The zero-order valence-electron chi connectivity index (χ0n) is 11.8. The van der Waals surface area contributed by atoms with E-state index in [0.29, 0.717) is 33.9 Å². The summed E-state index contributed by atoms with van der Waals surface area (Å²) in [6, 6.07) is 12.5. The second-order valence-electron chi connectivity index (χ2n) is 4.75. The minimum absolute atomic E-state index is 0.124. The number of ether oxygens (including phenoxy) is 1. The van der Waals surface area contributed by atoms with Crippen LogP contribution in [0.3, 0.4) is 0 Å². The average Bonchev–Trinajstić information content (AvgIpc) is 2.48. The van der Waals surface area contributed by atoms with Crippen molar-refractivity contribution >= 4 is 16.6 Å². The predicted octanol–water partition coefficient (Wildman–Crippen LogP) is 2.28. The van der Waals surface area contributed by atoms with Gasteiger partial charge in [0.15, 0.2) is 0 Å². The van der Waals surface area contributed by atoms with Gasteiger partial charge < -0.3 is 10.5 Å². The molecule has 3 rings (SSSR count). The Morgan fingerprint density at radius 3 is 2.71 bits per heavy atom. The van der Waals surface area contributed by atoms with Gasteiger partial charge in [0.1, 0.15) is 11.6 Å². The Kier molecular flexibility index (Phi) is 3.10. The molecule has 0 aliphatic carbocycles. The minimum Gasteiger partial charge on any atom is -0.494 e. The maximum Gasteiger partial charge on any atom is 0.266 e. The van der Waals surface area contributed by atoms with Crippen LogP contribution in [0.5, 0.6) is 5.75 Å². The summed E-state index contributed by atoms with van der Waals surface area (Å²) < 4.78 is 6.88. The molecule has 0 atom stereocenters. The first-order valence-corrected chi connectivity index (χ1v) is 6.54. The van der Waals surface area contributed by atoms with Gasteiger partial charge in [-0.15, -0.1) is 0 Å². The largest absolute Gasteiger partial charge is 0.494 e. The molecule has 3 aromatic rings. The molecule has 0 fully saturated rings. The summed E-state index contributed by atoms with van der Waals surface area (Å²) in [4.78, 5) is 17.2. The second kappa shape index (κ2) is 4.94. The summed E-state index contributed by atoms with van der Waals surface area (Å²) >= 11 is 0. The van der Waals surface area contributed by atoms with Crippen molar-refractivity contribution in [1.82, 2.24) is 9.55 Å². The quantitative estimate of drug-likeness (QED) is 0.732. The zero-order chi connectivity index (χ0) is 15.0. The number of hydrogen-bond donors (Lipinski definition) is 1. The van der Waals surface area contributed by atoms with Gasteiger partial charge in [-0.1, -0.05) is 12.1 Å². The number of rotatable bonds is 2. The lowest BCUT2D eigenvalue weighted by Crippen LogP contribution is -2.22. The first-order chi connectivity index (χ1) is 10.1. The molecule has 21 heavy (non-hydrogen) atoms. The van der Waals surface area contributed by atoms with E-state index >= 15 is 0 Å². The van der Waals surface area contributed by atoms with Crippen molar-refractivity contribution in [2.45, 2.75) is 6.92 Å². The molecule has 0 radical (unpaired) electrons. The van der Waals surface area contributed by atoms with Gasteiger partial charge in [0.05, 0.1) is 23.7 Å². The molecule has 0 spiro atoms. The fourth-order valence-electron chi connectivity index (χ4n) is 2.41. The van der Waals surface area contributed by atoms with Crippen LogP contribution in [0.2, 0.25) is 0 Å². The van der Waals surface area contributed by atoms with Gasteiger partial charge in [-0.3, -0.25) is 9.36 Å². The van der Waals surface area contributed by atoms with Crippen molar-refractivity contribution in [3.63, 3.8) is 0 Å². The number of nitrogens with two attached hydrogens (primary N) is 1. The Bertz CT molecular complexity index is 884. The van der Waals surface area contributed by atoms with E-state index in [1.54, 1.807) is 42.9 Å². The molecule has 0 amide bonds. The van der Waals surface area contributed by atoms with Crippen LogP contribution in [-0.2, 0) is 0 Å². The van der Waals surface area contributed by atoms with Crippen LogP contribution >= 0.6 is 0 Å². The highest BCUT2D eigenvalue weighted by atomic mass is 16.5. The van der Waals surface area contributed by atoms with E-state index in [1.807, 2.05) is 18.2 Å². The molecule has 2 aromatic carbocycles. The fourth-order valence-corrected chi connectivity index (χ4v) is 2.41. The molecule has 0 aliphatic rings. The number of nitrogens with zero attached hydrogens (tertiary/aromatic N) is 2. The van der Waals surface area contributed by atoms with Gasteiger partial charge in [0, 0.05) is 11.8 Å². The molecule has 0 unspecified atom stereocenters. The van der Waals surface area contributed by atoms with Crippen molar-refractivity contribution in [2.75, 3.05) is 12.8 Å². The summed E-state index contributed by atoms with van der Waals surface area (Å²) in [5, 5.41) is 0.571. The molecule has 0 bridgehead atoms. The van der Waals surface area contributed by atoms with Crippen LogP contribution in [-0.4, -0.2) is 16.7 Å². The lowest BCUT2D eigenvalue weighted by Gasteiger charge is -2.14. The van der Waals surface area contributed by atoms with Crippen LogP contribution in [0.15, 0.2) is 47.3 Å². The smallest absolute Gasteiger partial charge is 0.266 e. The molecule has 5 nitrogen and oxygen atoms in total. The van der Waals surface area contributed by atoms with Gasteiger partial charge in [0.25, 0.3) is 5.56 Å². The fraction of sp³-hybridized carbons (Fsp3) is 0.125. The number of methoxy groups -OCH3 is 1. The third kappa shape index (κ3) is 2.12. The molecule has 0 saturated heterocycles. The molecule has 0 saturated carbocycles. The predicted molar refractivity (Wildman–Crippen MR) is 83.0 cm³/mol. The summed E-state index contributed by atoms with van der Waals surface area (Å²) in [6.07, 6.45) is 0. The molecule has 0 aliphatic heterocycles. The SMILES string of the molecule is COc1cc(N)ccc1-n1c(C)nc2ccccc2c1=O. The number of anilines is 1. The van der Waals surface area contributed by atoms with E-state index in [2.05, 4.69) is 4.98 Å². The Labute approximate surface area is 121 Å². The Balaban J connectivity index is 2.38. The number of nitrogen functional groups attached to an aromatic ring is 1. The molecule has 2 N–H and O–H groups in total. The Morgan fingerprint density at radius 1 is 1.19 bits per heavy atom. The summed E-state index contributed by atoms with van der Waals surface area (Å²) in [5.41, 5.74) is 7.54. The third-order valence-corrected chi connectivity index (χ3v) is 3.39. The first-order valence-electron chi connectivity index (χ1n) is 6.54. The zero-order valence-corrected chi connectivity index (χ0v) is 11.8. The minimum atomic E-state index is -0.124. The lowest BCUT2D eigenvalue weighted by atomic mass is 10.2. The Hall–Kier alpha value is -2.82. The normalized spacial score (nSPS) is 10.8. The highest BCUT2D eigenvalue weighted by molar-refractivity contribution is 5.78. The van der Waals surface area contributed by atoms with Gasteiger partial charge in [0.2, 0.25) is 0 Å². The van der Waals surface area contributed by atoms with Crippen molar-refractivity contribution < 1.29 is 4.74 Å². The standard InChI is InChI=1S/C16H15N3O2/c1-10-18-13-6-4-3-5-12(13)16(20)19(10)14-8-7-11(17)9-15(14)21-2/h3-9H,17H2,1-2H3. The van der Waals surface area contributed by atoms with Crippen LogP contribution in [0, 0.1) is 6.92 Å².